The maximum Gasteiger partial charge on any atom is 0.325 e. The van der Waals surface area contributed by atoms with E-state index in [0.717, 1.165) is 4.68 Å². The first-order valence-electron chi connectivity index (χ1n) is 6.20. The lowest BCUT2D eigenvalue weighted by molar-refractivity contribution is -0.137. The smallest absolute Gasteiger partial charge is 0.325 e. The predicted molar refractivity (Wildman–Crippen MR) is 70.1 cm³/mol. The third-order valence-corrected chi connectivity index (χ3v) is 4.54. The van der Waals surface area contributed by atoms with Gasteiger partial charge >= 0.3 is 12.0 Å². The molecule has 0 spiro atoms. The number of aliphatic carboxylic acids is 1. The van der Waals surface area contributed by atoms with Crippen molar-refractivity contribution >= 4 is 21.8 Å². The third kappa shape index (κ3) is 4.41. The molecule has 1 aliphatic rings. The van der Waals surface area contributed by atoms with Gasteiger partial charge in [0.2, 0.25) is 0 Å². The van der Waals surface area contributed by atoms with Crippen LogP contribution in [-0.2, 0) is 27.7 Å². The molecule has 0 saturated carbocycles. The molecule has 2 heterocycles. The SMILES string of the molecule is O=C(O)Cn1cc(CNC(=O)N2CCS(=O)(=O)CC2)nn1. The van der Waals surface area contributed by atoms with E-state index in [0.29, 0.717) is 5.69 Å². The molecule has 1 aliphatic heterocycles. The van der Waals surface area contributed by atoms with Crippen molar-refractivity contribution in [1.82, 2.24) is 25.2 Å². The van der Waals surface area contributed by atoms with Crippen molar-refractivity contribution in [2.24, 2.45) is 0 Å². The number of rotatable bonds is 4. The van der Waals surface area contributed by atoms with Crippen LogP contribution in [0.1, 0.15) is 5.69 Å². The van der Waals surface area contributed by atoms with Crippen LogP contribution < -0.4 is 5.32 Å². The van der Waals surface area contributed by atoms with Crippen LogP contribution in [0.3, 0.4) is 0 Å². The highest BCUT2D eigenvalue weighted by Crippen LogP contribution is 2.04. The summed E-state index contributed by atoms with van der Waals surface area (Å²) in [6.45, 7) is 0.131. The minimum Gasteiger partial charge on any atom is -0.480 e. The second kappa shape index (κ2) is 6.08. The Hall–Kier alpha value is -2.17. The fourth-order valence-electron chi connectivity index (χ4n) is 1.83. The molecule has 2 rings (SSSR count). The zero-order chi connectivity index (χ0) is 15.5. The number of amides is 2. The fraction of sp³-hybridized carbons (Fsp3) is 0.600. The van der Waals surface area contributed by atoms with Crippen molar-refractivity contribution in [1.29, 1.82) is 0 Å². The molecular weight excluding hydrogens is 302 g/mol. The standard InChI is InChI=1S/C10H15N5O5S/c16-9(17)7-15-6-8(12-13-15)5-11-10(18)14-1-3-21(19,20)4-2-14/h6H,1-5,7H2,(H,11,18)(H,16,17). The Morgan fingerprint density at radius 1 is 1.33 bits per heavy atom. The Morgan fingerprint density at radius 2 is 2.00 bits per heavy atom. The van der Waals surface area contributed by atoms with Crippen LogP contribution >= 0.6 is 0 Å². The van der Waals surface area contributed by atoms with Gasteiger partial charge in [-0.3, -0.25) is 4.79 Å². The zero-order valence-corrected chi connectivity index (χ0v) is 11.9. The fourth-order valence-corrected chi connectivity index (χ4v) is 3.03. The van der Waals surface area contributed by atoms with Crippen LogP contribution in [0.4, 0.5) is 4.79 Å². The van der Waals surface area contributed by atoms with E-state index in [2.05, 4.69) is 15.6 Å². The van der Waals surface area contributed by atoms with Gasteiger partial charge in [0, 0.05) is 13.1 Å². The molecule has 0 atom stereocenters. The zero-order valence-electron chi connectivity index (χ0n) is 11.1. The molecule has 1 aromatic rings. The Kier molecular flexibility index (Phi) is 4.40. The largest absolute Gasteiger partial charge is 0.480 e. The van der Waals surface area contributed by atoms with Gasteiger partial charge in [-0.25, -0.2) is 17.9 Å². The van der Waals surface area contributed by atoms with Crippen molar-refractivity contribution in [3.8, 4) is 0 Å². The molecule has 0 aromatic carbocycles. The molecule has 0 radical (unpaired) electrons. The lowest BCUT2D eigenvalue weighted by Gasteiger charge is -2.26. The minimum atomic E-state index is -3.03. The number of sulfone groups is 1. The summed E-state index contributed by atoms with van der Waals surface area (Å²) < 4.78 is 23.7. The Labute approximate surface area is 120 Å². The van der Waals surface area contributed by atoms with Crippen molar-refractivity contribution in [2.45, 2.75) is 13.1 Å². The lowest BCUT2D eigenvalue weighted by Crippen LogP contribution is -2.48. The van der Waals surface area contributed by atoms with E-state index >= 15 is 0 Å². The van der Waals surface area contributed by atoms with Gasteiger partial charge in [-0.15, -0.1) is 5.10 Å². The van der Waals surface area contributed by atoms with E-state index < -0.39 is 15.8 Å². The number of hydrogen-bond donors (Lipinski definition) is 2. The monoisotopic (exact) mass is 317 g/mol. The highest BCUT2D eigenvalue weighted by Gasteiger charge is 2.24. The van der Waals surface area contributed by atoms with Crippen LogP contribution in [0.15, 0.2) is 6.20 Å². The minimum absolute atomic E-state index is 0.0325. The highest BCUT2D eigenvalue weighted by molar-refractivity contribution is 7.91. The molecule has 0 unspecified atom stereocenters. The quantitative estimate of drug-likeness (QED) is 0.676. The van der Waals surface area contributed by atoms with Crippen molar-refractivity contribution < 1.29 is 23.1 Å². The topological polar surface area (TPSA) is 134 Å². The van der Waals surface area contributed by atoms with Gasteiger partial charge in [0.15, 0.2) is 9.84 Å². The summed E-state index contributed by atoms with van der Waals surface area (Å²) >= 11 is 0. The maximum atomic E-state index is 11.8. The van der Waals surface area contributed by atoms with Gasteiger partial charge in [0.05, 0.1) is 24.2 Å². The molecule has 11 heteroatoms. The van der Waals surface area contributed by atoms with Gasteiger partial charge in [0.25, 0.3) is 0 Å². The molecular formula is C10H15N5O5S. The van der Waals surface area contributed by atoms with E-state index in [1.54, 1.807) is 0 Å². The summed E-state index contributed by atoms with van der Waals surface area (Å²) in [5.41, 5.74) is 0.425. The van der Waals surface area contributed by atoms with Gasteiger partial charge < -0.3 is 15.3 Å². The summed E-state index contributed by atoms with van der Waals surface area (Å²) in [6.07, 6.45) is 1.43. The molecule has 1 aromatic heterocycles. The molecule has 10 nitrogen and oxygen atoms in total. The molecule has 1 fully saturated rings. The van der Waals surface area contributed by atoms with Crippen LogP contribution in [0.25, 0.3) is 0 Å². The normalized spacial score (nSPS) is 17.4. The molecule has 0 bridgehead atoms. The number of carboxylic acids is 1. The first kappa shape index (κ1) is 15.2. The number of nitrogens with one attached hydrogen (secondary N) is 1. The van der Waals surface area contributed by atoms with Crippen LogP contribution in [0.5, 0.6) is 0 Å². The average Bonchev–Trinajstić information content (AvgIpc) is 2.82. The molecule has 21 heavy (non-hydrogen) atoms. The summed E-state index contributed by atoms with van der Waals surface area (Å²) in [4.78, 5) is 23.7. The first-order valence-corrected chi connectivity index (χ1v) is 8.02. The van der Waals surface area contributed by atoms with E-state index in [1.165, 1.54) is 11.1 Å². The number of urea groups is 1. The summed E-state index contributed by atoms with van der Waals surface area (Å²) in [7, 11) is -3.03. The second-order valence-electron chi connectivity index (χ2n) is 4.60. The number of aromatic nitrogens is 3. The van der Waals surface area contributed by atoms with Crippen molar-refractivity contribution in [3.63, 3.8) is 0 Å². The second-order valence-corrected chi connectivity index (χ2v) is 6.90. The highest BCUT2D eigenvalue weighted by atomic mass is 32.2. The van der Waals surface area contributed by atoms with Gasteiger partial charge in [-0.1, -0.05) is 5.21 Å². The van der Waals surface area contributed by atoms with Crippen LogP contribution in [-0.4, -0.2) is 70.0 Å². The number of hydrogen-bond acceptors (Lipinski definition) is 6. The number of carbonyl (C=O) groups excluding carboxylic acids is 1. The van der Waals surface area contributed by atoms with Crippen LogP contribution in [0, 0.1) is 0 Å². The summed E-state index contributed by atoms with van der Waals surface area (Å²) in [6, 6.07) is -0.377. The average molecular weight is 317 g/mol. The van der Waals surface area contributed by atoms with E-state index in [9.17, 15) is 18.0 Å². The number of carboxylic acid groups (broad SMARTS) is 1. The molecule has 2 N–H and O–H groups in total. The number of carbonyl (C=O) groups is 2. The van der Waals surface area contributed by atoms with E-state index in [4.69, 9.17) is 5.11 Å². The Morgan fingerprint density at radius 3 is 2.62 bits per heavy atom. The molecule has 0 aliphatic carbocycles. The predicted octanol–water partition coefficient (Wildman–Crippen LogP) is -1.70. The summed E-state index contributed by atoms with van der Waals surface area (Å²) in [5.74, 6) is -1.10. The van der Waals surface area contributed by atoms with Gasteiger partial charge in [-0.2, -0.15) is 0 Å². The summed E-state index contributed by atoms with van der Waals surface area (Å²) in [5, 5.41) is 18.5. The van der Waals surface area contributed by atoms with Crippen molar-refractivity contribution in [2.75, 3.05) is 24.6 Å². The van der Waals surface area contributed by atoms with E-state index in [-0.39, 0.29) is 43.7 Å². The van der Waals surface area contributed by atoms with E-state index in [1.807, 2.05) is 0 Å². The van der Waals surface area contributed by atoms with Crippen molar-refractivity contribution in [3.05, 3.63) is 11.9 Å². The van der Waals surface area contributed by atoms with Gasteiger partial charge in [0.1, 0.15) is 12.2 Å². The lowest BCUT2D eigenvalue weighted by atomic mass is 10.4. The van der Waals surface area contributed by atoms with Gasteiger partial charge in [-0.05, 0) is 0 Å². The molecule has 116 valence electrons. The molecule has 1 saturated heterocycles. The Balaban J connectivity index is 1.81. The molecule has 2 amide bonds. The first-order chi connectivity index (χ1) is 9.85. The maximum absolute atomic E-state index is 11.8. The Bertz CT molecular complexity index is 626. The van der Waals surface area contributed by atoms with Crippen LogP contribution in [0.2, 0.25) is 0 Å². The number of nitrogens with zero attached hydrogens (tertiary/aromatic N) is 4. The third-order valence-electron chi connectivity index (χ3n) is 2.94.